The van der Waals surface area contributed by atoms with Gasteiger partial charge >= 0.3 is 0 Å². The summed E-state index contributed by atoms with van der Waals surface area (Å²) < 4.78 is 26.4. The molecule has 0 spiro atoms. The highest BCUT2D eigenvalue weighted by Crippen LogP contribution is 2.24. The zero-order valence-corrected chi connectivity index (χ0v) is 22.3. The number of piperidine rings is 1. The lowest BCUT2D eigenvalue weighted by Gasteiger charge is -2.27. The highest BCUT2D eigenvalue weighted by Gasteiger charge is 2.22. The van der Waals surface area contributed by atoms with Crippen LogP contribution in [0.5, 0.6) is 0 Å². The molecule has 1 fully saturated rings. The minimum atomic E-state index is -3.52. The van der Waals surface area contributed by atoms with Gasteiger partial charge in [0.2, 0.25) is 10.0 Å². The topological polar surface area (TPSA) is 86.8 Å². The molecule has 0 aromatic heterocycles. The molecule has 0 atom stereocenters. The van der Waals surface area contributed by atoms with Crippen LogP contribution >= 0.6 is 0 Å². The highest BCUT2D eigenvalue weighted by atomic mass is 32.2. The van der Waals surface area contributed by atoms with E-state index in [9.17, 15) is 18.0 Å². The molecule has 1 aliphatic heterocycles. The standard InChI is InChI=1S/C29H33N3O4S/c1-21-11-16-25(19-22(21)2)32(37(3,35)36)20-23-12-14-24(15-13-23)28(33)30-27-10-6-5-9-26(27)29(34)31-17-7-4-8-18-31/h5-6,9-16,19H,4,7-8,17-18,20H2,1-3H3,(H,30,33). The van der Waals surface area contributed by atoms with E-state index in [4.69, 9.17) is 0 Å². The molecule has 1 N–H and O–H groups in total. The number of carbonyl (C=O) groups is 2. The van der Waals surface area contributed by atoms with Crippen molar-refractivity contribution in [3.8, 4) is 0 Å². The summed E-state index contributed by atoms with van der Waals surface area (Å²) >= 11 is 0. The van der Waals surface area contributed by atoms with Crippen LogP contribution in [0.1, 0.15) is 56.7 Å². The number of sulfonamides is 1. The van der Waals surface area contributed by atoms with Crippen molar-refractivity contribution in [3.63, 3.8) is 0 Å². The minimum Gasteiger partial charge on any atom is -0.339 e. The Labute approximate surface area is 219 Å². The Balaban J connectivity index is 1.49. The second-order valence-corrected chi connectivity index (χ2v) is 11.5. The van der Waals surface area contributed by atoms with E-state index >= 15 is 0 Å². The largest absolute Gasteiger partial charge is 0.339 e. The van der Waals surface area contributed by atoms with Crippen LogP contribution in [-0.4, -0.2) is 44.5 Å². The van der Waals surface area contributed by atoms with Gasteiger partial charge in [-0.15, -0.1) is 0 Å². The Kier molecular flexibility index (Phi) is 7.97. The molecule has 1 saturated heterocycles. The summed E-state index contributed by atoms with van der Waals surface area (Å²) in [5.41, 5.74) is 4.82. The summed E-state index contributed by atoms with van der Waals surface area (Å²) in [6.45, 7) is 5.54. The maximum absolute atomic E-state index is 13.0. The highest BCUT2D eigenvalue weighted by molar-refractivity contribution is 7.92. The van der Waals surface area contributed by atoms with Crippen molar-refractivity contribution >= 4 is 33.2 Å². The van der Waals surface area contributed by atoms with Crippen molar-refractivity contribution in [1.82, 2.24) is 4.90 Å². The molecule has 3 aromatic carbocycles. The van der Waals surface area contributed by atoms with Crippen molar-refractivity contribution < 1.29 is 18.0 Å². The first-order chi connectivity index (χ1) is 17.6. The Morgan fingerprint density at radius 2 is 1.57 bits per heavy atom. The molecule has 2 amide bonds. The second-order valence-electron chi connectivity index (χ2n) is 9.59. The minimum absolute atomic E-state index is 0.0712. The van der Waals surface area contributed by atoms with Gasteiger partial charge in [-0.1, -0.05) is 30.3 Å². The molecular weight excluding hydrogens is 486 g/mol. The lowest BCUT2D eigenvalue weighted by molar-refractivity contribution is 0.0725. The number of likely N-dealkylation sites (tertiary alicyclic amines) is 1. The van der Waals surface area contributed by atoms with E-state index in [1.807, 2.05) is 30.9 Å². The first-order valence-electron chi connectivity index (χ1n) is 12.5. The molecule has 7 nitrogen and oxygen atoms in total. The van der Waals surface area contributed by atoms with Gasteiger partial charge < -0.3 is 10.2 Å². The molecule has 4 rings (SSSR count). The zero-order chi connectivity index (χ0) is 26.6. The fraction of sp³-hybridized carbons (Fsp3) is 0.310. The van der Waals surface area contributed by atoms with Crippen LogP contribution in [0.25, 0.3) is 0 Å². The van der Waals surface area contributed by atoms with Gasteiger partial charge in [0, 0.05) is 18.7 Å². The molecule has 8 heteroatoms. The van der Waals surface area contributed by atoms with E-state index in [1.165, 1.54) is 10.6 Å². The molecule has 0 radical (unpaired) electrons. The summed E-state index contributed by atoms with van der Waals surface area (Å²) in [6, 6.07) is 19.5. The SMILES string of the molecule is Cc1ccc(N(Cc2ccc(C(=O)Nc3ccccc3C(=O)N3CCCCC3)cc2)S(C)(=O)=O)cc1C. The lowest BCUT2D eigenvalue weighted by atomic mass is 10.1. The van der Waals surface area contributed by atoms with Crippen LogP contribution in [0.15, 0.2) is 66.7 Å². The lowest BCUT2D eigenvalue weighted by Crippen LogP contribution is -2.36. The van der Waals surface area contributed by atoms with E-state index < -0.39 is 10.0 Å². The number of carbonyl (C=O) groups excluding carboxylic acids is 2. The molecule has 37 heavy (non-hydrogen) atoms. The van der Waals surface area contributed by atoms with Gasteiger partial charge in [-0.3, -0.25) is 13.9 Å². The van der Waals surface area contributed by atoms with Gasteiger partial charge in [-0.2, -0.15) is 0 Å². The van der Waals surface area contributed by atoms with Gasteiger partial charge in [-0.25, -0.2) is 8.42 Å². The molecule has 1 heterocycles. The quantitative estimate of drug-likeness (QED) is 0.468. The third kappa shape index (κ3) is 6.38. The van der Waals surface area contributed by atoms with Crippen molar-refractivity contribution in [3.05, 3.63) is 94.5 Å². The third-order valence-corrected chi connectivity index (χ3v) is 7.91. The number of hydrogen-bond donors (Lipinski definition) is 1. The number of para-hydroxylation sites is 1. The summed E-state index contributed by atoms with van der Waals surface area (Å²) in [7, 11) is -3.52. The number of benzene rings is 3. The van der Waals surface area contributed by atoms with Gasteiger partial charge in [0.05, 0.1) is 29.7 Å². The number of anilines is 2. The summed E-state index contributed by atoms with van der Waals surface area (Å²) in [5, 5.41) is 2.88. The first-order valence-corrected chi connectivity index (χ1v) is 14.3. The Morgan fingerprint density at radius 3 is 2.22 bits per heavy atom. The van der Waals surface area contributed by atoms with Gasteiger partial charge in [0.1, 0.15) is 0 Å². The molecule has 0 bridgehead atoms. The number of hydrogen-bond acceptors (Lipinski definition) is 4. The van der Waals surface area contributed by atoms with Crippen LogP contribution in [0.3, 0.4) is 0 Å². The van der Waals surface area contributed by atoms with E-state index in [2.05, 4.69) is 5.32 Å². The molecule has 3 aromatic rings. The van der Waals surface area contributed by atoms with Crippen molar-refractivity contribution in [2.75, 3.05) is 29.0 Å². The van der Waals surface area contributed by atoms with Gasteiger partial charge in [-0.05, 0) is 86.2 Å². The third-order valence-electron chi connectivity index (χ3n) is 6.77. The Bertz CT molecular complexity index is 1390. The predicted molar refractivity (Wildman–Crippen MR) is 148 cm³/mol. The summed E-state index contributed by atoms with van der Waals surface area (Å²) in [4.78, 5) is 27.9. The molecule has 0 saturated carbocycles. The van der Waals surface area contributed by atoms with Crippen LogP contribution in [-0.2, 0) is 16.6 Å². The number of nitrogens with one attached hydrogen (secondary N) is 1. The fourth-order valence-corrected chi connectivity index (χ4v) is 5.33. The summed E-state index contributed by atoms with van der Waals surface area (Å²) in [5.74, 6) is -0.405. The van der Waals surface area contributed by atoms with Crippen molar-refractivity contribution in [2.45, 2.75) is 39.7 Å². The maximum Gasteiger partial charge on any atom is 0.255 e. The van der Waals surface area contributed by atoms with Crippen LogP contribution in [0.2, 0.25) is 0 Å². The van der Waals surface area contributed by atoms with Crippen LogP contribution in [0.4, 0.5) is 11.4 Å². The van der Waals surface area contributed by atoms with E-state index in [-0.39, 0.29) is 18.4 Å². The maximum atomic E-state index is 13.0. The number of nitrogens with zero attached hydrogens (tertiary/aromatic N) is 2. The van der Waals surface area contributed by atoms with Crippen LogP contribution < -0.4 is 9.62 Å². The van der Waals surface area contributed by atoms with Gasteiger partial charge in [0.25, 0.3) is 11.8 Å². The predicted octanol–water partition coefficient (Wildman–Crippen LogP) is 5.15. The van der Waals surface area contributed by atoms with Crippen LogP contribution in [0, 0.1) is 13.8 Å². The van der Waals surface area contributed by atoms with Crippen molar-refractivity contribution in [2.24, 2.45) is 0 Å². The number of aryl methyl sites for hydroxylation is 2. The monoisotopic (exact) mass is 519 g/mol. The van der Waals surface area contributed by atoms with E-state index in [1.54, 1.807) is 54.6 Å². The summed E-state index contributed by atoms with van der Waals surface area (Å²) in [6.07, 6.45) is 4.30. The Morgan fingerprint density at radius 1 is 0.892 bits per heavy atom. The fourth-order valence-electron chi connectivity index (χ4n) is 4.45. The van der Waals surface area contributed by atoms with Gasteiger partial charge in [0.15, 0.2) is 0 Å². The first kappa shape index (κ1) is 26.4. The van der Waals surface area contributed by atoms with E-state index in [0.29, 0.717) is 22.5 Å². The smallest absolute Gasteiger partial charge is 0.255 e. The van der Waals surface area contributed by atoms with E-state index in [0.717, 1.165) is 49.0 Å². The Hall–Kier alpha value is -3.65. The number of rotatable bonds is 7. The zero-order valence-electron chi connectivity index (χ0n) is 21.5. The average Bonchev–Trinajstić information content (AvgIpc) is 2.89. The molecule has 0 unspecified atom stereocenters. The molecule has 0 aliphatic carbocycles. The number of amides is 2. The second kappa shape index (κ2) is 11.2. The van der Waals surface area contributed by atoms with Crippen molar-refractivity contribution in [1.29, 1.82) is 0 Å². The molecule has 1 aliphatic rings. The normalized spacial score (nSPS) is 13.8. The molecular formula is C29H33N3O4S. The molecule has 194 valence electrons. The average molecular weight is 520 g/mol.